The van der Waals surface area contributed by atoms with Crippen molar-refractivity contribution in [1.29, 1.82) is 0 Å². The largest absolute Gasteiger partial charge is 0.376 e. The average Bonchev–Trinajstić information content (AvgIpc) is 2.34. The van der Waals surface area contributed by atoms with Crippen LogP contribution in [0, 0.1) is 6.92 Å². The van der Waals surface area contributed by atoms with Crippen molar-refractivity contribution in [2.75, 3.05) is 13.7 Å². The van der Waals surface area contributed by atoms with Crippen LogP contribution < -0.4 is 5.32 Å². The lowest BCUT2D eigenvalue weighted by molar-refractivity contribution is -0.00662. The number of ether oxygens (including phenoxy) is 1. The molecule has 0 aromatic heterocycles. The van der Waals surface area contributed by atoms with Crippen molar-refractivity contribution in [2.24, 2.45) is 0 Å². The van der Waals surface area contributed by atoms with Crippen molar-refractivity contribution in [3.8, 4) is 0 Å². The molecule has 2 heteroatoms. The third kappa shape index (κ3) is 2.63. The highest BCUT2D eigenvalue weighted by molar-refractivity contribution is 5.25. The van der Waals surface area contributed by atoms with Crippen LogP contribution in [-0.4, -0.2) is 19.8 Å². The molecule has 0 saturated carbocycles. The van der Waals surface area contributed by atoms with Crippen molar-refractivity contribution >= 4 is 0 Å². The van der Waals surface area contributed by atoms with E-state index in [0.29, 0.717) is 12.1 Å². The van der Waals surface area contributed by atoms with Gasteiger partial charge in [-0.05, 0) is 38.8 Å². The van der Waals surface area contributed by atoms with Crippen LogP contribution >= 0.6 is 0 Å². The molecule has 1 aliphatic heterocycles. The van der Waals surface area contributed by atoms with E-state index in [9.17, 15) is 0 Å². The van der Waals surface area contributed by atoms with Gasteiger partial charge in [0.05, 0.1) is 12.1 Å². The van der Waals surface area contributed by atoms with Crippen molar-refractivity contribution < 1.29 is 4.74 Å². The molecule has 1 aromatic rings. The number of likely N-dealkylation sites (N-methyl/N-ethyl adjacent to an activating group) is 1. The zero-order valence-corrected chi connectivity index (χ0v) is 10.2. The summed E-state index contributed by atoms with van der Waals surface area (Å²) >= 11 is 0. The molecule has 0 bridgehead atoms. The quantitative estimate of drug-likeness (QED) is 0.844. The molecule has 1 heterocycles. The Morgan fingerprint density at radius 2 is 2.00 bits per heavy atom. The van der Waals surface area contributed by atoms with Crippen LogP contribution in [0.3, 0.4) is 0 Å². The van der Waals surface area contributed by atoms with Gasteiger partial charge in [-0.3, -0.25) is 0 Å². The maximum Gasteiger partial charge on any atom is 0.0769 e. The van der Waals surface area contributed by atoms with Gasteiger partial charge in [-0.15, -0.1) is 0 Å². The summed E-state index contributed by atoms with van der Waals surface area (Å²) < 4.78 is 5.85. The summed E-state index contributed by atoms with van der Waals surface area (Å²) in [6, 6.07) is 9.08. The molecule has 0 radical (unpaired) electrons. The normalized spacial score (nSPS) is 23.0. The zero-order valence-electron chi connectivity index (χ0n) is 10.2. The summed E-state index contributed by atoms with van der Waals surface area (Å²) in [6.45, 7) is 3.03. The molecule has 2 atom stereocenters. The van der Waals surface area contributed by atoms with E-state index in [-0.39, 0.29) is 0 Å². The molecule has 1 aromatic carbocycles. The maximum atomic E-state index is 5.85. The fourth-order valence-electron chi connectivity index (χ4n) is 2.37. The second-order valence-corrected chi connectivity index (χ2v) is 4.58. The maximum absolute atomic E-state index is 5.85. The highest BCUT2D eigenvalue weighted by atomic mass is 16.5. The first-order chi connectivity index (χ1) is 7.81. The first-order valence-electron chi connectivity index (χ1n) is 6.16. The number of nitrogens with one attached hydrogen (secondary N) is 1. The lowest BCUT2D eigenvalue weighted by atomic mass is 9.95. The number of hydrogen-bond acceptors (Lipinski definition) is 2. The highest BCUT2D eigenvalue weighted by Gasteiger charge is 2.24. The van der Waals surface area contributed by atoms with Crippen molar-refractivity contribution in [3.63, 3.8) is 0 Å². The van der Waals surface area contributed by atoms with Crippen LogP contribution in [0.1, 0.15) is 36.4 Å². The standard InChI is InChI=1S/C14H21NO/c1-11-6-8-12(9-7-11)14(15-2)13-5-3-4-10-16-13/h6-9,13-15H,3-5,10H2,1-2H3. The van der Waals surface area contributed by atoms with E-state index in [1.165, 1.54) is 30.4 Å². The second-order valence-electron chi connectivity index (χ2n) is 4.58. The average molecular weight is 219 g/mol. The Balaban J connectivity index is 2.11. The number of hydrogen-bond donors (Lipinski definition) is 1. The van der Waals surface area contributed by atoms with Crippen LogP contribution in [0.5, 0.6) is 0 Å². The van der Waals surface area contributed by atoms with Crippen LogP contribution in [0.2, 0.25) is 0 Å². The lowest BCUT2D eigenvalue weighted by Gasteiger charge is -2.30. The van der Waals surface area contributed by atoms with Gasteiger partial charge in [-0.2, -0.15) is 0 Å². The van der Waals surface area contributed by atoms with Crippen LogP contribution in [0.25, 0.3) is 0 Å². The van der Waals surface area contributed by atoms with Crippen LogP contribution in [0.4, 0.5) is 0 Å². The van der Waals surface area contributed by atoms with Gasteiger partial charge in [0.15, 0.2) is 0 Å². The smallest absolute Gasteiger partial charge is 0.0769 e. The third-order valence-corrected chi connectivity index (χ3v) is 3.33. The molecule has 0 spiro atoms. The first-order valence-corrected chi connectivity index (χ1v) is 6.16. The van der Waals surface area contributed by atoms with Gasteiger partial charge in [-0.25, -0.2) is 0 Å². The summed E-state index contributed by atoms with van der Waals surface area (Å²) in [5, 5.41) is 3.38. The van der Waals surface area contributed by atoms with Crippen molar-refractivity contribution in [3.05, 3.63) is 35.4 Å². The van der Waals surface area contributed by atoms with E-state index in [2.05, 4.69) is 36.5 Å². The predicted molar refractivity (Wildman–Crippen MR) is 66.6 cm³/mol. The van der Waals surface area contributed by atoms with Crippen LogP contribution in [-0.2, 0) is 4.74 Å². The zero-order chi connectivity index (χ0) is 11.4. The molecular formula is C14H21NO. The molecule has 1 aliphatic rings. The summed E-state index contributed by atoms with van der Waals surface area (Å²) in [4.78, 5) is 0. The lowest BCUT2D eigenvalue weighted by Crippen LogP contribution is -2.34. The number of aryl methyl sites for hydroxylation is 1. The Bertz CT molecular complexity index is 314. The molecule has 1 fully saturated rings. The van der Waals surface area contributed by atoms with Gasteiger partial charge >= 0.3 is 0 Å². The summed E-state index contributed by atoms with van der Waals surface area (Å²) in [5.74, 6) is 0. The van der Waals surface area contributed by atoms with Crippen molar-refractivity contribution in [1.82, 2.24) is 5.32 Å². The fourth-order valence-corrected chi connectivity index (χ4v) is 2.37. The van der Waals surface area contributed by atoms with Gasteiger partial charge in [0.1, 0.15) is 0 Å². The van der Waals surface area contributed by atoms with Gasteiger partial charge < -0.3 is 10.1 Å². The molecule has 2 unspecified atom stereocenters. The Kier molecular flexibility index (Phi) is 3.97. The predicted octanol–water partition coefficient (Wildman–Crippen LogP) is 2.82. The van der Waals surface area contributed by atoms with Gasteiger partial charge in [-0.1, -0.05) is 29.8 Å². The Labute approximate surface area is 98.0 Å². The molecule has 1 N–H and O–H groups in total. The topological polar surface area (TPSA) is 21.3 Å². The Hall–Kier alpha value is -0.860. The molecule has 16 heavy (non-hydrogen) atoms. The molecule has 88 valence electrons. The third-order valence-electron chi connectivity index (χ3n) is 3.33. The van der Waals surface area contributed by atoms with Gasteiger partial charge in [0.2, 0.25) is 0 Å². The Morgan fingerprint density at radius 3 is 2.56 bits per heavy atom. The molecule has 0 aliphatic carbocycles. The molecule has 2 nitrogen and oxygen atoms in total. The number of benzene rings is 1. The minimum atomic E-state index is 0.334. The molecule has 0 amide bonds. The van der Waals surface area contributed by atoms with E-state index in [1.807, 2.05) is 7.05 Å². The van der Waals surface area contributed by atoms with E-state index in [1.54, 1.807) is 0 Å². The monoisotopic (exact) mass is 219 g/mol. The second kappa shape index (κ2) is 5.46. The molecular weight excluding hydrogens is 198 g/mol. The van der Waals surface area contributed by atoms with Gasteiger partial charge in [0, 0.05) is 6.61 Å². The van der Waals surface area contributed by atoms with E-state index < -0.39 is 0 Å². The molecule has 2 rings (SSSR count). The van der Waals surface area contributed by atoms with E-state index >= 15 is 0 Å². The summed E-state index contributed by atoms with van der Waals surface area (Å²) in [7, 11) is 2.02. The highest BCUT2D eigenvalue weighted by Crippen LogP contribution is 2.26. The summed E-state index contributed by atoms with van der Waals surface area (Å²) in [6.07, 6.45) is 4.00. The van der Waals surface area contributed by atoms with Crippen LogP contribution in [0.15, 0.2) is 24.3 Å². The molecule has 1 saturated heterocycles. The van der Waals surface area contributed by atoms with Gasteiger partial charge in [0.25, 0.3) is 0 Å². The van der Waals surface area contributed by atoms with E-state index in [0.717, 1.165) is 6.61 Å². The van der Waals surface area contributed by atoms with Crippen molar-refractivity contribution in [2.45, 2.75) is 38.3 Å². The fraction of sp³-hybridized carbons (Fsp3) is 0.571. The number of rotatable bonds is 3. The minimum absolute atomic E-state index is 0.334. The Morgan fingerprint density at radius 1 is 1.25 bits per heavy atom. The SMILES string of the molecule is CNC(c1ccc(C)cc1)C1CCCCO1. The minimum Gasteiger partial charge on any atom is -0.376 e. The first kappa shape index (κ1) is 11.6. The van der Waals surface area contributed by atoms with E-state index in [4.69, 9.17) is 4.74 Å². The summed E-state index contributed by atoms with van der Waals surface area (Å²) in [5.41, 5.74) is 2.64.